The summed E-state index contributed by atoms with van der Waals surface area (Å²) in [6, 6.07) is 16.6. The molecule has 40 heavy (non-hydrogen) atoms. The highest BCUT2D eigenvalue weighted by molar-refractivity contribution is 7.80. The number of ether oxygens (including phenoxy) is 1. The molecule has 4 rings (SSSR count). The Balaban J connectivity index is 1.41. The highest BCUT2D eigenvalue weighted by Gasteiger charge is 2.26. The molecule has 2 aromatic carbocycles. The van der Waals surface area contributed by atoms with E-state index in [1.54, 1.807) is 4.90 Å². The van der Waals surface area contributed by atoms with E-state index in [1.165, 1.54) is 29.1 Å². The molecule has 3 N–H and O–H groups in total. The molecule has 220 valence electrons. The van der Waals surface area contributed by atoms with Gasteiger partial charge >= 0.3 is 6.09 Å². The Morgan fingerprint density at radius 2 is 1.73 bits per heavy atom. The van der Waals surface area contributed by atoms with Crippen LogP contribution < -0.4 is 14.9 Å². The Bertz CT molecular complexity index is 1110. The lowest BCUT2D eigenvalue weighted by molar-refractivity contribution is 0.0148. The van der Waals surface area contributed by atoms with Crippen molar-refractivity contribution in [1.29, 1.82) is 0 Å². The van der Waals surface area contributed by atoms with Crippen molar-refractivity contribution in [3.05, 3.63) is 54.1 Å². The molecule has 2 fully saturated rings. The summed E-state index contributed by atoms with van der Waals surface area (Å²) in [5.74, 6) is 0. The van der Waals surface area contributed by atoms with Gasteiger partial charge < -0.3 is 20.3 Å². The minimum Gasteiger partial charge on any atom is -0.444 e. The van der Waals surface area contributed by atoms with Gasteiger partial charge in [0.05, 0.1) is 17.1 Å². The summed E-state index contributed by atoms with van der Waals surface area (Å²) < 4.78 is 29.7. The van der Waals surface area contributed by atoms with Crippen LogP contribution in [-0.2, 0) is 22.5 Å². The Morgan fingerprint density at radius 3 is 2.38 bits per heavy atom. The predicted octanol–water partition coefficient (Wildman–Crippen LogP) is 5.54. The summed E-state index contributed by atoms with van der Waals surface area (Å²) in [6.07, 6.45) is 5.81. The average Bonchev–Trinajstić information content (AvgIpc) is 2.93. The third-order valence-electron chi connectivity index (χ3n) is 7.41. The molecular formula is C30H45N5O4S. The fourth-order valence-electron chi connectivity index (χ4n) is 5.23. The van der Waals surface area contributed by atoms with Crippen LogP contribution in [0.2, 0.25) is 0 Å². The molecule has 1 aliphatic heterocycles. The maximum absolute atomic E-state index is 12.5. The average molecular weight is 572 g/mol. The first kappa shape index (κ1) is 30.1. The molecule has 1 aliphatic carbocycles. The number of nitrogens with one attached hydrogen (secondary N) is 2. The van der Waals surface area contributed by atoms with Gasteiger partial charge in [0.15, 0.2) is 0 Å². The van der Waals surface area contributed by atoms with Crippen LogP contribution in [0.5, 0.6) is 0 Å². The first-order chi connectivity index (χ1) is 19.2. The lowest BCUT2D eigenvalue weighted by Crippen LogP contribution is -2.51. The van der Waals surface area contributed by atoms with Crippen molar-refractivity contribution in [2.45, 2.75) is 71.1 Å². The number of rotatable bonds is 10. The zero-order valence-corrected chi connectivity index (χ0v) is 24.9. The minimum atomic E-state index is -2.17. The number of benzene rings is 2. The van der Waals surface area contributed by atoms with E-state index in [4.69, 9.17) is 4.74 Å². The highest BCUT2D eigenvalue weighted by atomic mass is 32.2. The second kappa shape index (κ2) is 14.2. The second-order valence-corrected chi connectivity index (χ2v) is 12.6. The summed E-state index contributed by atoms with van der Waals surface area (Å²) >= 11 is -2.17. The van der Waals surface area contributed by atoms with Gasteiger partial charge in [0.25, 0.3) is 11.3 Å². The maximum Gasteiger partial charge on any atom is 0.410 e. The van der Waals surface area contributed by atoms with Gasteiger partial charge in [0.1, 0.15) is 5.60 Å². The van der Waals surface area contributed by atoms with Crippen molar-refractivity contribution >= 4 is 34.4 Å². The van der Waals surface area contributed by atoms with E-state index in [1.807, 2.05) is 57.2 Å². The fourth-order valence-corrected chi connectivity index (χ4v) is 5.76. The zero-order valence-electron chi connectivity index (χ0n) is 24.1. The number of piperazine rings is 1. The molecule has 0 aromatic heterocycles. The predicted molar refractivity (Wildman–Crippen MR) is 163 cm³/mol. The van der Waals surface area contributed by atoms with Crippen LogP contribution in [0.25, 0.3) is 0 Å². The number of carbonyl (C=O) groups excluding carboxylic acids is 1. The largest absolute Gasteiger partial charge is 0.444 e. The van der Waals surface area contributed by atoms with Crippen LogP contribution in [0.4, 0.5) is 21.9 Å². The smallest absolute Gasteiger partial charge is 0.410 e. The van der Waals surface area contributed by atoms with Gasteiger partial charge in [-0.25, -0.2) is 9.00 Å². The third-order valence-corrected chi connectivity index (χ3v) is 8.18. The van der Waals surface area contributed by atoms with E-state index in [0.29, 0.717) is 57.5 Å². The number of nitrogens with zero attached hydrogens (tertiary/aromatic N) is 3. The lowest BCUT2D eigenvalue weighted by Gasteiger charge is -2.36. The molecule has 0 bridgehead atoms. The van der Waals surface area contributed by atoms with Crippen molar-refractivity contribution in [2.75, 3.05) is 54.2 Å². The summed E-state index contributed by atoms with van der Waals surface area (Å²) in [4.78, 5) is 16.3. The van der Waals surface area contributed by atoms with E-state index in [2.05, 4.69) is 27.7 Å². The third kappa shape index (κ3) is 9.11. The zero-order chi connectivity index (χ0) is 28.5. The molecule has 1 unspecified atom stereocenters. The topological polar surface area (TPSA) is 97.4 Å². The molecule has 0 spiro atoms. The summed E-state index contributed by atoms with van der Waals surface area (Å²) in [6.45, 7) is 9.81. The molecule has 1 atom stereocenters. The van der Waals surface area contributed by atoms with Crippen molar-refractivity contribution in [3.63, 3.8) is 0 Å². The van der Waals surface area contributed by atoms with Crippen LogP contribution in [-0.4, -0.2) is 75.6 Å². The minimum absolute atomic E-state index is 0.289. The van der Waals surface area contributed by atoms with E-state index in [0.717, 1.165) is 24.2 Å². The normalized spacial score (nSPS) is 17.8. The van der Waals surface area contributed by atoms with Crippen molar-refractivity contribution in [3.8, 4) is 0 Å². The highest BCUT2D eigenvalue weighted by Crippen LogP contribution is 2.32. The Morgan fingerprint density at radius 1 is 1.02 bits per heavy atom. The Hall–Kier alpha value is -2.82. The SMILES string of the molecule is CC(C)(C)OC(=O)N1CCN(CCN(c2ccc(NC3CCCCC3)c(NCc3ccccc3)c2)S(=O)O)CC1. The molecule has 1 heterocycles. The van der Waals surface area contributed by atoms with Crippen LogP contribution >= 0.6 is 0 Å². The van der Waals surface area contributed by atoms with Gasteiger partial charge in [-0.05, 0) is 57.4 Å². The molecule has 2 aliphatic rings. The van der Waals surface area contributed by atoms with Gasteiger partial charge in [-0.1, -0.05) is 49.6 Å². The van der Waals surface area contributed by atoms with Crippen LogP contribution in [0.15, 0.2) is 48.5 Å². The number of hydrogen-bond donors (Lipinski definition) is 3. The first-order valence-electron chi connectivity index (χ1n) is 14.4. The monoisotopic (exact) mass is 571 g/mol. The van der Waals surface area contributed by atoms with E-state index >= 15 is 0 Å². The van der Waals surface area contributed by atoms with Gasteiger partial charge in [0, 0.05) is 51.9 Å². The molecule has 10 heteroatoms. The molecule has 1 saturated carbocycles. The maximum atomic E-state index is 12.5. The van der Waals surface area contributed by atoms with E-state index in [9.17, 15) is 13.6 Å². The van der Waals surface area contributed by atoms with Crippen molar-refractivity contribution in [1.82, 2.24) is 9.80 Å². The lowest BCUT2D eigenvalue weighted by atomic mass is 9.95. The summed E-state index contributed by atoms with van der Waals surface area (Å²) in [5, 5.41) is 7.28. The number of hydrogen-bond acceptors (Lipinski definition) is 6. The van der Waals surface area contributed by atoms with Crippen LogP contribution in [0.1, 0.15) is 58.4 Å². The second-order valence-electron chi connectivity index (χ2n) is 11.7. The summed E-state index contributed by atoms with van der Waals surface area (Å²) in [7, 11) is 0. The standard InChI is InChI=1S/C30H45N5O4S/c1-30(2,3)39-29(36)34-19-16-33(17-20-34)18-21-35(40(37)38)26-14-15-27(32-25-12-8-5-9-13-25)28(22-26)31-23-24-10-6-4-7-11-24/h4,6-7,10-11,14-15,22,25,31-32H,5,8-9,12-13,16-21,23H2,1-3H3,(H,37,38). The molecule has 2 aromatic rings. The molecule has 1 saturated heterocycles. The fraction of sp³-hybridized carbons (Fsp3) is 0.567. The van der Waals surface area contributed by atoms with Crippen LogP contribution in [0.3, 0.4) is 0 Å². The van der Waals surface area contributed by atoms with E-state index < -0.39 is 16.9 Å². The van der Waals surface area contributed by atoms with Gasteiger partial charge in [-0.15, -0.1) is 0 Å². The number of amides is 1. The van der Waals surface area contributed by atoms with E-state index in [-0.39, 0.29) is 6.09 Å². The Labute approximate surface area is 241 Å². The molecule has 0 radical (unpaired) electrons. The van der Waals surface area contributed by atoms with Crippen molar-refractivity contribution < 1.29 is 18.3 Å². The summed E-state index contributed by atoms with van der Waals surface area (Å²) in [5.41, 5.74) is 3.29. The molecule has 1 amide bonds. The number of anilines is 3. The first-order valence-corrected chi connectivity index (χ1v) is 15.5. The Kier molecular flexibility index (Phi) is 10.7. The quantitative estimate of drug-likeness (QED) is 0.322. The van der Waals surface area contributed by atoms with Gasteiger partial charge in [-0.2, -0.15) is 0 Å². The number of carbonyl (C=O) groups is 1. The molecule has 9 nitrogen and oxygen atoms in total. The van der Waals surface area contributed by atoms with Crippen molar-refractivity contribution in [2.24, 2.45) is 0 Å². The van der Waals surface area contributed by atoms with Gasteiger partial charge in [0.2, 0.25) is 0 Å². The molecular weight excluding hydrogens is 526 g/mol. The van der Waals surface area contributed by atoms with Crippen LogP contribution in [0, 0.1) is 0 Å². The van der Waals surface area contributed by atoms with Gasteiger partial charge in [-0.3, -0.25) is 13.8 Å².